The Hall–Kier alpha value is -0.570. The molecule has 0 aliphatic rings. The van der Waals surface area contributed by atoms with Gasteiger partial charge in [-0.1, -0.05) is 20.3 Å². The maximum atomic E-state index is 11.7. The first kappa shape index (κ1) is 13.4. The van der Waals surface area contributed by atoms with Gasteiger partial charge in [0.1, 0.15) is 0 Å². The summed E-state index contributed by atoms with van der Waals surface area (Å²) in [5, 5.41) is 0. The number of hydrogen-bond acceptors (Lipinski definition) is 2. The maximum Gasteiger partial charge on any atom is 0.224 e. The smallest absolute Gasteiger partial charge is 0.224 e. The first-order valence-corrected chi connectivity index (χ1v) is 5.66. The van der Waals surface area contributed by atoms with Crippen LogP contribution in [0.3, 0.4) is 0 Å². The number of unbranched alkanes of at least 4 members (excludes halogenated alkanes) is 1. The molecule has 0 aliphatic carbocycles. The van der Waals surface area contributed by atoms with Crippen molar-refractivity contribution in [2.45, 2.75) is 52.5 Å². The van der Waals surface area contributed by atoms with E-state index in [2.05, 4.69) is 20.8 Å². The maximum absolute atomic E-state index is 11.7. The van der Waals surface area contributed by atoms with Gasteiger partial charge in [-0.2, -0.15) is 0 Å². The Kier molecular flexibility index (Phi) is 7.48. The Morgan fingerprint density at radius 2 is 2.07 bits per heavy atom. The molecule has 0 heterocycles. The second kappa shape index (κ2) is 7.80. The third-order valence-corrected chi connectivity index (χ3v) is 2.55. The van der Waals surface area contributed by atoms with Crippen molar-refractivity contribution >= 4 is 5.91 Å². The summed E-state index contributed by atoms with van der Waals surface area (Å²) in [6, 6.07) is 0.348. The SMILES string of the molecule is CCCCN(C(=O)CCN)C(C)CC. The molecule has 0 aromatic carbocycles. The van der Waals surface area contributed by atoms with Crippen LogP contribution in [0.15, 0.2) is 0 Å². The van der Waals surface area contributed by atoms with Crippen molar-refractivity contribution in [1.29, 1.82) is 0 Å². The van der Waals surface area contributed by atoms with E-state index in [1.807, 2.05) is 4.90 Å². The molecule has 0 bridgehead atoms. The lowest BCUT2D eigenvalue weighted by Gasteiger charge is -2.28. The Labute approximate surface area is 87.6 Å². The second-order valence-corrected chi connectivity index (χ2v) is 3.74. The lowest BCUT2D eigenvalue weighted by atomic mass is 10.2. The molecule has 1 atom stereocenters. The molecular formula is C11H24N2O. The normalized spacial score (nSPS) is 12.6. The van der Waals surface area contributed by atoms with Gasteiger partial charge in [-0.15, -0.1) is 0 Å². The van der Waals surface area contributed by atoms with Crippen LogP contribution < -0.4 is 5.73 Å². The number of carbonyl (C=O) groups is 1. The molecule has 0 rings (SSSR count). The zero-order valence-electron chi connectivity index (χ0n) is 9.75. The molecule has 0 spiro atoms. The summed E-state index contributed by atoms with van der Waals surface area (Å²) >= 11 is 0. The van der Waals surface area contributed by atoms with Crippen LogP contribution in [0.4, 0.5) is 0 Å². The van der Waals surface area contributed by atoms with Crippen molar-refractivity contribution in [2.24, 2.45) is 5.73 Å². The largest absolute Gasteiger partial charge is 0.340 e. The van der Waals surface area contributed by atoms with Gasteiger partial charge in [0.05, 0.1) is 0 Å². The van der Waals surface area contributed by atoms with Crippen LogP contribution in [0.1, 0.15) is 46.5 Å². The van der Waals surface area contributed by atoms with Gasteiger partial charge in [0.2, 0.25) is 5.91 Å². The Balaban J connectivity index is 4.15. The Morgan fingerprint density at radius 1 is 1.43 bits per heavy atom. The predicted molar refractivity (Wildman–Crippen MR) is 60.0 cm³/mol. The van der Waals surface area contributed by atoms with Crippen molar-refractivity contribution in [2.75, 3.05) is 13.1 Å². The summed E-state index contributed by atoms with van der Waals surface area (Å²) in [5.74, 6) is 0.204. The van der Waals surface area contributed by atoms with Crippen molar-refractivity contribution in [3.05, 3.63) is 0 Å². The van der Waals surface area contributed by atoms with Crippen LogP contribution in [0.25, 0.3) is 0 Å². The summed E-state index contributed by atoms with van der Waals surface area (Å²) in [6.45, 7) is 7.69. The fourth-order valence-corrected chi connectivity index (χ4v) is 1.41. The van der Waals surface area contributed by atoms with Gasteiger partial charge in [0.15, 0.2) is 0 Å². The molecule has 1 amide bonds. The standard InChI is InChI=1S/C11H24N2O/c1-4-6-9-13(10(3)5-2)11(14)7-8-12/h10H,4-9,12H2,1-3H3. The fourth-order valence-electron chi connectivity index (χ4n) is 1.41. The van der Waals surface area contributed by atoms with E-state index in [-0.39, 0.29) is 5.91 Å². The molecule has 1 unspecified atom stereocenters. The summed E-state index contributed by atoms with van der Waals surface area (Å²) in [5.41, 5.74) is 5.39. The van der Waals surface area contributed by atoms with E-state index in [0.29, 0.717) is 19.0 Å². The third-order valence-electron chi connectivity index (χ3n) is 2.55. The van der Waals surface area contributed by atoms with Crippen LogP contribution >= 0.6 is 0 Å². The van der Waals surface area contributed by atoms with Crippen LogP contribution in [-0.2, 0) is 4.79 Å². The van der Waals surface area contributed by atoms with Gasteiger partial charge in [0.25, 0.3) is 0 Å². The van der Waals surface area contributed by atoms with E-state index in [4.69, 9.17) is 5.73 Å². The van der Waals surface area contributed by atoms with Crippen molar-refractivity contribution in [1.82, 2.24) is 4.90 Å². The highest BCUT2D eigenvalue weighted by Gasteiger charge is 2.16. The first-order chi connectivity index (χ1) is 6.67. The van der Waals surface area contributed by atoms with E-state index >= 15 is 0 Å². The molecule has 0 aromatic heterocycles. The van der Waals surface area contributed by atoms with Gasteiger partial charge in [-0.05, 0) is 19.8 Å². The fraction of sp³-hybridized carbons (Fsp3) is 0.909. The summed E-state index contributed by atoms with van der Waals surface area (Å²) < 4.78 is 0. The van der Waals surface area contributed by atoms with Crippen LogP contribution in [-0.4, -0.2) is 29.9 Å². The lowest BCUT2D eigenvalue weighted by Crippen LogP contribution is -2.39. The predicted octanol–water partition coefficient (Wildman–Crippen LogP) is 1.76. The summed E-state index contributed by atoms with van der Waals surface area (Å²) in [7, 11) is 0. The quantitative estimate of drug-likeness (QED) is 0.680. The van der Waals surface area contributed by atoms with E-state index in [9.17, 15) is 4.79 Å². The monoisotopic (exact) mass is 200 g/mol. The molecule has 14 heavy (non-hydrogen) atoms. The molecule has 84 valence electrons. The average Bonchev–Trinajstić information content (AvgIpc) is 2.18. The van der Waals surface area contributed by atoms with Gasteiger partial charge in [0, 0.05) is 25.6 Å². The molecule has 0 fully saturated rings. The zero-order valence-corrected chi connectivity index (χ0v) is 9.75. The highest BCUT2D eigenvalue weighted by atomic mass is 16.2. The molecule has 0 aliphatic heterocycles. The number of nitrogens with two attached hydrogens (primary N) is 1. The summed E-state index contributed by atoms with van der Waals surface area (Å²) in [6.07, 6.45) is 3.71. The first-order valence-electron chi connectivity index (χ1n) is 5.66. The minimum atomic E-state index is 0.204. The number of hydrogen-bond donors (Lipinski definition) is 1. The second-order valence-electron chi connectivity index (χ2n) is 3.74. The van der Waals surface area contributed by atoms with Crippen LogP contribution in [0, 0.1) is 0 Å². The van der Waals surface area contributed by atoms with Gasteiger partial charge in [-0.25, -0.2) is 0 Å². The van der Waals surface area contributed by atoms with E-state index in [0.717, 1.165) is 25.8 Å². The van der Waals surface area contributed by atoms with Crippen molar-refractivity contribution in [3.63, 3.8) is 0 Å². The van der Waals surface area contributed by atoms with E-state index in [1.54, 1.807) is 0 Å². The highest BCUT2D eigenvalue weighted by molar-refractivity contribution is 5.76. The van der Waals surface area contributed by atoms with Gasteiger partial charge >= 0.3 is 0 Å². The highest BCUT2D eigenvalue weighted by Crippen LogP contribution is 2.07. The van der Waals surface area contributed by atoms with Crippen LogP contribution in [0.2, 0.25) is 0 Å². The number of rotatable bonds is 7. The number of amides is 1. The third kappa shape index (κ3) is 4.61. The van der Waals surface area contributed by atoms with Gasteiger partial charge < -0.3 is 10.6 Å². The topological polar surface area (TPSA) is 46.3 Å². The molecular weight excluding hydrogens is 176 g/mol. The molecule has 3 nitrogen and oxygen atoms in total. The summed E-state index contributed by atoms with van der Waals surface area (Å²) in [4.78, 5) is 13.7. The van der Waals surface area contributed by atoms with E-state index in [1.165, 1.54) is 0 Å². The minimum absolute atomic E-state index is 0.204. The molecule has 0 saturated carbocycles. The van der Waals surface area contributed by atoms with Crippen molar-refractivity contribution in [3.8, 4) is 0 Å². The zero-order chi connectivity index (χ0) is 11.0. The molecule has 0 radical (unpaired) electrons. The number of carbonyl (C=O) groups excluding carboxylic acids is 1. The van der Waals surface area contributed by atoms with E-state index < -0.39 is 0 Å². The Morgan fingerprint density at radius 3 is 2.50 bits per heavy atom. The van der Waals surface area contributed by atoms with Crippen molar-refractivity contribution < 1.29 is 4.79 Å². The minimum Gasteiger partial charge on any atom is -0.340 e. The molecule has 3 heteroatoms. The molecule has 0 saturated heterocycles. The molecule has 2 N–H and O–H groups in total. The Bertz CT molecular complexity index is 159. The molecule has 0 aromatic rings. The average molecular weight is 200 g/mol. The number of nitrogens with zero attached hydrogens (tertiary/aromatic N) is 1. The van der Waals surface area contributed by atoms with Gasteiger partial charge in [-0.3, -0.25) is 4.79 Å². The lowest BCUT2D eigenvalue weighted by molar-refractivity contribution is -0.133. The van der Waals surface area contributed by atoms with Crippen LogP contribution in [0.5, 0.6) is 0 Å².